The predicted octanol–water partition coefficient (Wildman–Crippen LogP) is 3.84. The van der Waals surface area contributed by atoms with Crippen molar-refractivity contribution in [2.45, 2.75) is 25.2 Å². The van der Waals surface area contributed by atoms with Gasteiger partial charge in [-0.15, -0.1) is 0 Å². The summed E-state index contributed by atoms with van der Waals surface area (Å²) in [5, 5.41) is 0. The number of sulfonamides is 1. The highest BCUT2D eigenvalue weighted by Gasteiger charge is 2.30. The van der Waals surface area contributed by atoms with Crippen LogP contribution in [0.15, 0.2) is 45.8 Å². The number of aryl methyl sites for hydroxylation is 2. The van der Waals surface area contributed by atoms with Crippen molar-refractivity contribution in [1.29, 1.82) is 0 Å². The molecule has 1 heterocycles. The Labute approximate surface area is 170 Å². The number of benzene rings is 2. The maximum Gasteiger partial charge on any atom is 0.243 e. The zero-order chi connectivity index (χ0) is 19.6. The second-order valence-corrected chi connectivity index (χ2v) is 9.39. The fourth-order valence-corrected chi connectivity index (χ4v) is 5.76. The van der Waals surface area contributed by atoms with E-state index in [0.29, 0.717) is 42.4 Å². The molecule has 3 rings (SSSR count). The van der Waals surface area contributed by atoms with Crippen LogP contribution in [0.2, 0.25) is 0 Å². The number of nitrogens with zero attached hydrogens (tertiary/aromatic N) is 2. The molecule has 0 bridgehead atoms. The van der Waals surface area contributed by atoms with E-state index in [1.54, 1.807) is 16.4 Å². The number of rotatable bonds is 5. The van der Waals surface area contributed by atoms with E-state index in [-0.39, 0.29) is 0 Å². The minimum atomic E-state index is -3.56. The van der Waals surface area contributed by atoms with Crippen molar-refractivity contribution in [2.24, 2.45) is 0 Å². The van der Waals surface area contributed by atoms with Gasteiger partial charge >= 0.3 is 0 Å². The first-order valence-corrected chi connectivity index (χ1v) is 11.3. The molecule has 1 saturated heterocycles. The van der Waals surface area contributed by atoms with Crippen LogP contribution in [0.4, 0.5) is 5.69 Å². The first-order valence-electron chi connectivity index (χ1n) is 9.05. The van der Waals surface area contributed by atoms with Crippen molar-refractivity contribution < 1.29 is 13.2 Å². The van der Waals surface area contributed by atoms with Crippen LogP contribution in [0, 0.1) is 6.92 Å². The lowest BCUT2D eigenvalue weighted by Crippen LogP contribution is -2.49. The van der Waals surface area contributed by atoms with Crippen LogP contribution in [0.1, 0.15) is 18.1 Å². The average molecular weight is 453 g/mol. The number of hydrogen-bond acceptors (Lipinski definition) is 4. The largest absolute Gasteiger partial charge is 0.496 e. The molecule has 0 N–H and O–H groups in total. The Morgan fingerprint density at radius 1 is 1.11 bits per heavy atom. The van der Waals surface area contributed by atoms with Gasteiger partial charge in [0, 0.05) is 37.9 Å². The van der Waals surface area contributed by atoms with Crippen LogP contribution in [-0.4, -0.2) is 46.0 Å². The van der Waals surface area contributed by atoms with Crippen LogP contribution < -0.4 is 9.64 Å². The molecule has 1 aliphatic heterocycles. The zero-order valence-corrected chi connectivity index (χ0v) is 18.3. The summed E-state index contributed by atoms with van der Waals surface area (Å²) < 4.78 is 34.0. The van der Waals surface area contributed by atoms with Crippen LogP contribution in [0.5, 0.6) is 5.75 Å². The van der Waals surface area contributed by atoms with Crippen molar-refractivity contribution in [3.63, 3.8) is 0 Å². The molecule has 1 aliphatic rings. The third-order valence-corrected chi connectivity index (χ3v) is 7.68. The molecule has 0 radical (unpaired) electrons. The van der Waals surface area contributed by atoms with E-state index in [1.807, 2.05) is 19.1 Å². The average Bonchev–Trinajstić information content (AvgIpc) is 2.68. The van der Waals surface area contributed by atoms with E-state index in [1.165, 1.54) is 18.4 Å². The molecular weight excluding hydrogens is 428 g/mol. The fraction of sp³-hybridized carbons (Fsp3) is 0.400. The SMILES string of the molecule is CCc1ccccc1N1CCN(S(=O)(=O)c2cc(OC)c(Br)cc2C)CC1. The lowest BCUT2D eigenvalue weighted by molar-refractivity contribution is 0.383. The molecule has 0 unspecified atom stereocenters. The number of piperazine rings is 1. The van der Waals surface area contributed by atoms with Crippen LogP contribution in [0.3, 0.4) is 0 Å². The van der Waals surface area contributed by atoms with Crippen molar-refractivity contribution >= 4 is 31.6 Å². The summed E-state index contributed by atoms with van der Waals surface area (Å²) in [5.41, 5.74) is 3.21. The van der Waals surface area contributed by atoms with Gasteiger partial charge in [-0.3, -0.25) is 0 Å². The highest BCUT2D eigenvalue weighted by Crippen LogP contribution is 2.32. The van der Waals surface area contributed by atoms with E-state index < -0.39 is 10.0 Å². The molecule has 7 heteroatoms. The van der Waals surface area contributed by atoms with Crippen LogP contribution in [-0.2, 0) is 16.4 Å². The van der Waals surface area contributed by atoms with Gasteiger partial charge in [0.05, 0.1) is 16.5 Å². The molecule has 1 fully saturated rings. The molecule has 5 nitrogen and oxygen atoms in total. The number of para-hydroxylation sites is 1. The van der Waals surface area contributed by atoms with E-state index in [2.05, 4.69) is 39.9 Å². The van der Waals surface area contributed by atoms with Gasteiger partial charge in [0.1, 0.15) is 5.75 Å². The van der Waals surface area contributed by atoms with Crippen molar-refractivity contribution in [3.8, 4) is 5.75 Å². The molecule has 2 aromatic rings. The Morgan fingerprint density at radius 3 is 2.41 bits per heavy atom. The predicted molar refractivity (Wildman–Crippen MR) is 112 cm³/mol. The molecule has 0 saturated carbocycles. The standard InChI is InChI=1S/C20H25BrN2O3S/c1-4-16-7-5-6-8-18(16)22-9-11-23(12-10-22)27(24,25)20-14-19(26-3)17(21)13-15(20)2/h5-8,13-14H,4,9-12H2,1-3H3. The van der Waals surface area contributed by atoms with Gasteiger partial charge in [0.2, 0.25) is 10.0 Å². The molecule has 2 aromatic carbocycles. The minimum absolute atomic E-state index is 0.310. The fourth-order valence-electron chi connectivity index (χ4n) is 3.50. The van der Waals surface area contributed by atoms with Gasteiger partial charge in [0.15, 0.2) is 0 Å². The highest BCUT2D eigenvalue weighted by atomic mass is 79.9. The van der Waals surface area contributed by atoms with Crippen molar-refractivity contribution in [3.05, 3.63) is 52.0 Å². The Balaban J connectivity index is 1.81. The van der Waals surface area contributed by atoms with E-state index in [4.69, 9.17) is 4.74 Å². The summed E-state index contributed by atoms with van der Waals surface area (Å²) in [7, 11) is -2.02. The van der Waals surface area contributed by atoms with Gasteiger partial charge in [0.25, 0.3) is 0 Å². The second-order valence-electron chi connectivity index (χ2n) is 6.63. The summed E-state index contributed by atoms with van der Waals surface area (Å²) in [6, 6.07) is 11.7. The monoisotopic (exact) mass is 452 g/mol. The molecular formula is C20H25BrN2O3S. The maximum absolute atomic E-state index is 13.2. The van der Waals surface area contributed by atoms with Gasteiger partial charge in [-0.05, 0) is 52.5 Å². The molecule has 0 amide bonds. The smallest absolute Gasteiger partial charge is 0.243 e. The first-order chi connectivity index (χ1) is 12.9. The topological polar surface area (TPSA) is 49.9 Å². The van der Waals surface area contributed by atoms with E-state index in [0.717, 1.165) is 10.9 Å². The molecule has 0 aromatic heterocycles. The highest BCUT2D eigenvalue weighted by molar-refractivity contribution is 9.10. The molecule has 0 atom stereocenters. The quantitative estimate of drug-likeness (QED) is 0.691. The Kier molecular flexibility index (Phi) is 6.13. The van der Waals surface area contributed by atoms with Gasteiger partial charge < -0.3 is 9.64 Å². The number of ether oxygens (including phenoxy) is 1. The van der Waals surface area contributed by atoms with E-state index >= 15 is 0 Å². The number of anilines is 1. The van der Waals surface area contributed by atoms with E-state index in [9.17, 15) is 8.42 Å². The molecule has 146 valence electrons. The summed E-state index contributed by atoms with van der Waals surface area (Å²) in [4.78, 5) is 2.59. The molecule has 0 spiro atoms. The molecule has 27 heavy (non-hydrogen) atoms. The molecule has 0 aliphatic carbocycles. The van der Waals surface area contributed by atoms with Gasteiger partial charge in [-0.1, -0.05) is 25.1 Å². The van der Waals surface area contributed by atoms with Crippen molar-refractivity contribution in [2.75, 3.05) is 38.2 Å². The lowest BCUT2D eigenvalue weighted by Gasteiger charge is -2.36. The van der Waals surface area contributed by atoms with Gasteiger partial charge in [-0.25, -0.2) is 8.42 Å². The van der Waals surface area contributed by atoms with Gasteiger partial charge in [-0.2, -0.15) is 4.31 Å². The number of hydrogen-bond donors (Lipinski definition) is 0. The summed E-state index contributed by atoms with van der Waals surface area (Å²) in [6.07, 6.45) is 0.965. The Morgan fingerprint density at radius 2 is 1.78 bits per heavy atom. The maximum atomic E-state index is 13.2. The van der Waals surface area contributed by atoms with Crippen LogP contribution >= 0.6 is 15.9 Å². The summed E-state index contributed by atoms with van der Waals surface area (Å²) in [6.45, 7) is 6.26. The zero-order valence-electron chi connectivity index (χ0n) is 15.9. The second kappa shape index (κ2) is 8.20. The van der Waals surface area contributed by atoms with Crippen LogP contribution in [0.25, 0.3) is 0 Å². The minimum Gasteiger partial charge on any atom is -0.496 e. The first kappa shape index (κ1) is 20.2. The summed E-state index contributed by atoms with van der Waals surface area (Å²) >= 11 is 3.41. The Hall–Kier alpha value is -1.57. The number of halogens is 1. The lowest BCUT2D eigenvalue weighted by atomic mass is 10.1. The Bertz CT molecular complexity index is 923. The normalized spacial score (nSPS) is 15.8. The third kappa shape index (κ3) is 4.00. The number of methoxy groups -OCH3 is 1. The third-order valence-electron chi connectivity index (χ3n) is 5.02. The van der Waals surface area contributed by atoms with Crippen molar-refractivity contribution in [1.82, 2.24) is 4.31 Å². The summed E-state index contributed by atoms with van der Waals surface area (Å²) in [5.74, 6) is 0.523.